The Balaban J connectivity index is 1.57. The number of hydrogen-bond donors (Lipinski definition) is 0. The van der Waals surface area contributed by atoms with E-state index in [2.05, 4.69) is 23.4 Å². The second kappa shape index (κ2) is 9.59. The first-order valence-corrected chi connectivity index (χ1v) is 14.0. The Hall–Kier alpha value is -3.79. The molecule has 0 saturated carbocycles. The lowest BCUT2D eigenvalue weighted by atomic mass is 10.1. The number of aryl methyl sites for hydroxylation is 1. The summed E-state index contributed by atoms with van der Waals surface area (Å²) in [5.74, 6) is 0.782. The van der Waals surface area contributed by atoms with Gasteiger partial charge in [0.15, 0.2) is 9.84 Å². The number of halogens is 1. The molecule has 5 aromatic rings. The van der Waals surface area contributed by atoms with Gasteiger partial charge in [0.2, 0.25) is 0 Å². The van der Waals surface area contributed by atoms with Crippen LogP contribution in [0.1, 0.15) is 31.7 Å². The highest BCUT2D eigenvalue weighted by atomic mass is 32.2. The molecule has 0 radical (unpaired) electrons. The Labute approximate surface area is 213 Å². The average Bonchev–Trinajstić information content (AvgIpc) is 3.32. The van der Waals surface area contributed by atoms with Crippen molar-refractivity contribution >= 4 is 31.9 Å². The zero-order valence-electron chi connectivity index (χ0n) is 20.9. The maximum Gasteiger partial charge on any atom is 0.329 e. The Morgan fingerprint density at radius 2 is 1.65 bits per heavy atom. The van der Waals surface area contributed by atoms with Gasteiger partial charge in [0.05, 0.1) is 46.2 Å². The molecule has 192 valence electrons. The van der Waals surface area contributed by atoms with E-state index in [9.17, 15) is 17.6 Å². The molecule has 0 amide bonds. The smallest absolute Gasteiger partial charge is 0.326 e. The fraction of sp³-hybridized carbons (Fsp3) is 0.296. The van der Waals surface area contributed by atoms with E-state index in [1.807, 2.05) is 0 Å². The lowest BCUT2D eigenvalue weighted by molar-refractivity contribution is 0.507. The van der Waals surface area contributed by atoms with E-state index >= 15 is 0 Å². The van der Waals surface area contributed by atoms with Crippen molar-refractivity contribution in [2.75, 3.05) is 6.26 Å². The number of aromatic nitrogens is 5. The van der Waals surface area contributed by atoms with E-state index in [-0.39, 0.29) is 29.5 Å². The number of fused-ring (bicyclic) bond motifs is 2. The summed E-state index contributed by atoms with van der Waals surface area (Å²) in [5, 5.41) is 0. The highest BCUT2D eigenvalue weighted by Crippen LogP contribution is 2.22. The molecule has 8 nitrogen and oxygen atoms in total. The highest BCUT2D eigenvalue weighted by molar-refractivity contribution is 7.90. The van der Waals surface area contributed by atoms with Gasteiger partial charge >= 0.3 is 5.69 Å². The standard InChI is InChI=1S/C27H28FN5O3S/c1-18(2)11-13-31-23-9-6-20(28)14-22(23)30-26(31)17-33-25-15-29-12-10-24(25)32(27(33)34)16-19-4-7-21(8-5-19)37(3,35)36/h4-10,12,14-15,18H,11,13,16-17H2,1-3H3. The minimum Gasteiger partial charge on any atom is -0.326 e. The summed E-state index contributed by atoms with van der Waals surface area (Å²) < 4.78 is 42.9. The third kappa shape index (κ3) is 4.93. The van der Waals surface area contributed by atoms with Gasteiger partial charge in [-0.1, -0.05) is 26.0 Å². The molecule has 3 heterocycles. The summed E-state index contributed by atoms with van der Waals surface area (Å²) in [5.41, 5.74) is 3.32. The first kappa shape index (κ1) is 24.9. The predicted molar refractivity (Wildman–Crippen MR) is 141 cm³/mol. The summed E-state index contributed by atoms with van der Waals surface area (Å²) >= 11 is 0. The van der Waals surface area contributed by atoms with Crippen LogP contribution >= 0.6 is 0 Å². The van der Waals surface area contributed by atoms with Crippen molar-refractivity contribution in [1.29, 1.82) is 0 Å². The fourth-order valence-corrected chi connectivity index (χ4v) is 5.18. The summed E-state index contributed by atoms with van der Waals surface area (Å²) in [7, 11) is -3.31. The summed E-state index contributed by atoms with van der Waals surface area (Å²) in [6.45, 7) is 5.46. The van der Waals surface area contributed by atoms with E-state index in [0.717, 1.165) is 23.8 Å². The van der Waals surface area contributed by atoms with Gasteiger partial charge in [0.1, 0.15) is 11.6 Å². The topological polar surface area (TPSA) is 91.8 Å². The van der Waals surface area contributed by atoms with Gasteiger partial charge in [-0.2, -0.15) is 0 Å². The Morgan fingerprint density at radius 1 is 0.919 bits per heavy atom. The van der Waals surface area contributed by atoms with E-state index < -0.39 is 9.84 Å². The van der Waals surface area contributed by atoms with Crippen molar-refractivity contribution in [3.8, 4) is 0 Å². The SMILES string of the molecule is CC(C)CCn1c(Cn2c(=O)n(Cc3ccc(S(C)(=O)=O)cc3)c3ccncc32)nc2cc(F)ccc21. The molecule has 0 aliphatic carbocycles. The predicted octanol–water partition coefficient (Wildman–Crippen LogP) is 4.23. The van der Waals surface area contributed by atoms with Crippen LogP contribution in [0.2, 0.25) is 0 Å². The minimum absolute atomic E-state index is 0.204. The molecule has 0 bridgehead atoms. The van der Waals surface area contributed by atoms with Crippen molar-refractivity contribution in [2.24, 2.45) is 5.92 Å². The van der Waals surface area contributed by atoms with Gasteiger partial charge in [-0.25, -0.2) is 22.6 Å². The normalized spacial score (nSPS) is 12.2. The van der Waals surface area contributed by atoms with Crippen molar-refractivity contribution in [3.05, 3.63) is 88.6 Å². The minimum atomic E-state index is -3.31. The molecular weight excluding hydrogens is 493 g/mol. The van der Waals surface area contributed by atoms with Crippen LogP contribution < -0.4 is 5.69 Å². The zero-order chi connectivity index (χ0) is 26.3. The van der Waals surface area contributed by atoms with Crippen molar-refractivity contribution in [3.63, 3.8) is 0 Å². The van der Waals surface area contributed by atoms with Crippen LogP contribution in [-0.2, 0) is 29.5 Å². The molecule has 0 atom stereocenters. The van der Waals surface area contributed by atoms with Crippen LogP contribution in [0.5, 0.6) is 0 Å². The first-order chi connectivity index (χ1) is 17.6. The molecule has 0 unspecified atom stereocenters. The largest absolute Gasteiger partial charge is 0.329 e. The van der Waals surface area contributed by atoms with Crippen molar-refractivity contribution in [1.82, 2.24) is 23.7 Å². The first-order valence-electron chi connectivity index (χ1n) is 12.1. The van der Waals surface area contributed by atoms with Crippen LogP contribution in [0.3, 0.4) is 0 Å². The fourth-order valence-electron chi connectivity index (χ4n) is 4.55. The molecule has 37 heavy (non-hydrogen) atoms. The molecule has 0 aliphatic heterocycles. The molecular formula is C27H28FN5O3S. The lowest BCUT2D eigenvalue weighted by Crippen LogP contribution is -2.26. The van der Waals surface area contributed by atoms with Crippen LogP contribution in [0, 0.1) is 11.7 Å². The maximum atomic E-state index is 13.9. The quantitative estimate of drug-likeness (QED) is 0.305. The number of nitrogens with zero attached hydrogens (tertiary/aromatic N) is 5. The second-order valence-electron chi connectivity index (χ2n) is 9.73. The highest BCUT2D eigenvalue weighted by Gasteiger charge is 2.18. The molecule has 0 spiro atoms. The van der Waals surface area contributed by atoms with Gasteiger partial charge in [0.25, 0.3) is 0 Å². The third-order valence-electron chi connectivity index (χ3n) is 6.53. The van der Waals surface area contributed by atoms with Gasteiger partial charge in [-0.05, 0) is 48.2 Å². The second-order valence-corrected chi connectivity index (χ2v) is 11.7. The van der Waals surface area contributed by atoms with Gasteiger partial charge < -0.3 is 4.57 Å². The number of hydrogen-bond acceptors (Lipinski definition) is 5. The number of rotatable bonds is 8. The van der Waals surface area contributed by atoms with Crippen LogP contribution in [0.25, 0.3) is 22.1 Å². The van der Waals surface area contributed by atoms with E-state index in [1.165, 1.54) is 12.1 Å². The Kier molecular flexibility index (Phi) is 6.45. The van der Waals surface area contributed by atoms with Crippen LogP contribution in [0.4, 0.5) is 4.39 Å². The van der Waals surface area contributed by atoms with Crippen LogP contribution in [0.15, 0.2) is 70.6 Å². The third-order valence-corrected chi connectivity index (χ3v) is 7.66. The van der Waals surface area contributed by atoms with Crippen LogP contribution in [-0.4, -0.2) is 38.3 Å². The van der Waals surface area contributed by atoms with E-state index in [4.69, 9.17) is 4.98 Å². The average molecular weight is 522 g/mol. The Morgan fingerprint density at radius 3 is 2.35 bits per heavy atom. The molecule has 3 aromatic heterocycles. The summed E-state index contributed by atoms with van der Waals surface area (Å²) in [4.78, 5) is 22.8. The van der Waals surface area contributed by atoms with E-state index in [0.29, 0.717) is 34.8 Å². The molecule has 5 rings (SSSR count). The van der Waals surface area contributed by atoms with Gasteiger partial charge in [-0.15, -0.1) is 0 Å². The molecule has 0 saturated heterocycles. The number of sulfone groups is 1. The van der Waals surface area contributed by atoms with Crippen molar-refractivity contribution in [2.45, 2.75) is 44.8 Å². The summed E-state index contributed by atoms with van der Waals surface area (Å²) in [6, 6.07) is 12.9. The maximum absolute atomic E-state index is 13.9. The monoisotopic (exact) mass is 521 g/mol. The molecule has 10 heteroatoms. The van der Waals surface area contributed by atoms with Crippen molar-refractivity contribution < 1.29 is 12.8 Å². The van der Waals surface area contributed by atoms with Gasteiger partial charge in [-0.3, -0.25) is 14.1 Å². The number of benzene rings is 2. The molecule has 2 aromatic carbocycles. The summed E-state index contributed by atoms with van der Waals surface area (Å²) in [6.07, 6.45) is 5.37. The molecule has 0 N–H and O–H groups in total. The number of imidazole rings is 2. The lowest BCUT2D eigenvalue weighted by Gasteiger charge is -2.11. The number of pyridine rings is 1. The molecule has 0 fully saturated rings. The zero-order valence-corrected chi connectivity index (χ0v) is 21.7. The van der Waals surface area contributed by atoms with E-state index in [1.54, 1.807) is 57.9 Å². The Bertz CT molecular complexity index is 1770. The molecule has 0 aliphatic rings. The van der Waals surface area contributed by atoms with Gasteiger partial charge in [0, 0.05) is 25.1 Å².